The molecule has 1 amide bonds. The van der Waals surface area contributed by atoms with Crippen LogP contribution in [0.3, 0.4) is 0 Å². The van der Waals surface area contributed by atoms with Gasteiger partial charge >= 0.3 is 0 Å². The Morgan fingerprint density at radius 2 is 1.91 bits per heavy atom. The van der Waals surface area contributed by atoms with Gasteiger partial charge in [0.2, 0.25) is 0 Å². The van der Waals surface area contributed by atoms with Gasteiger partial charge in [0.05, 0.1) is 13.7 Å². The molecule has 32 heavy (non-hydrogen) atoms. The minimum atomic E-state index is -0.439. The van der Waals surface area contributed by atoms with E-state index < -0.39 is 11.7 Å². The number of carbonyl (C=O) groups excluding carboxylic acids is 1. The largest absolute Gasteiger partial charge is 0.497 e. The van der Waals surface area contributed by atoms with Crippen LogP contribution in [-0.4, -0.2) is 22.8 Å². The van der Waals surface area contributed by atoms with E-state index in [1.165, 1.54) is 12.1 Å². The third-order valence-corrected chi connectivity index (χ3v) is 4.91. The van der Waals surface area contributed by atoms with Crippen LogP contribution in [0, 0.1) is 5.82 Å². The molecule has 4 aromatic rings. The average Bonchev–Trinajstić information content (AvgIpc) is 3.44. The Morgan fingerprint density at radius 1 is 1.12 bits per heavy atom. The molecule has 0 aliphatic carbocycles. The molecule has 2 aromatic carbocycles. The van der Waals surface area contributed by atoms with Crippen LogP contribution in [0.1, 0.15) is 21.9 Å². The van der Waals surface area contributed by atoms with Crippen molar-refractivity contribution in [2.24, 2.45) is 0 Å². The first-order valence-electron chi connectivity index (χ1n) is 9.64. The van der Waals surface area contributed by atoms with Crippen LogP contribution in [0.2, 0.25) is 5.02 Å². The van der Waals surface area contributed by atoms with Crippen LogP contribution >= 0.6 is 11.6 Å². The molecule has 0 unspecified atom stereocenters. The fourth-order valence-corrected chi connectivity index (χ4v) is 3.15. The number of ether oxygens (including phenoxy) is 2. The zero-order valence-electron chi connectivity index (χ0n) is 17.0. The van der Waals surface area contributed by atoms with Crippen LogP contribution in [-0.2, 0) is 13.2 Å². The van der Waals surface area contributed by atoms with Crippen molar-refractivity contribution in [1.82, 2.24) is 9.78 Å². The Balaban J connectivity index is 1.33. The molecule has 0 fully saturated rings. The number of carbonyl (C=O) groups is 1. The predicted molar refractivity (Wildman–Crippen MR) is 117 cm³/mol. The number of halogens is 2. The number of nitrogens with one attached hydrogen (secondary N) is 1. The van der Waals surface area contributed by atoms with Gasteiger partial charge in [0.15, 0.2) is 11.6 Å². The van der Waals surface area contributed by atoms with Crippen molar-refractivity contribution in [1.29, 1.82) is 0 Å². The highest BCUT2D eigenvalue weighted by atomic mass is 35.5. The maximum absolute atomic E-state index is 13.2. The first-order chi connectivity index (χ1) is 15.5. The van der Waals surface area contributed by atoms with E-state index in [2.05, 4.69) is 10.4 Å². The molecule has 2 heterocycles. The Hall–Kier alpha value is -3.78. The zero-order valence-corrected chi connectivity index (χ0v) is 17.8. The molecule has 2 aromatic heterocycles. The van der Waals surface area contributed by atoms with Crippen LogP contribution in [0.4, 0.5) is 10.2 Å². The average molecular weight is 456 g/mol. The number of hydrogen-bond acceptors (Lipinski definition) is 5. The molecule has 0 aliphatic rings. The topological polar surface area (TPSA) is 78.5 Å². The summed E-state index contributed by atoms with van der Waals surface area (Å²) in [5.74, 6) is 1.53. The monoisotopic (exact) mass is 455 g/mol. The van der Waals surface area contributed by atoms with Gasteiger partial charge in [-0.2, -0.15) is 5.10 Å². The van der Waals surface area contributed by atoms with Gasteiger partial charge < -0.3 is 19.2 Å². The molecule has 0 aliphatic heterocycles. The molecule has 4 rings (SSSR count). The van der Waals surface area contributed by atoms with Crippen LogP contribution in [0.5, 0.6) is 11.5 Å². The summed E-state index contributed by atoms with van der Waals surface area (Å²) in [6, 6.07) is 16.2. The number of aromatic nitrogens is 2. The molecule has 0 radical (unpaired) electrons. The number of nitrogens with zero attached hydrogens (tertiary/aromatic N) is 2. The van der Waals surface area contributed by atoms with Crippen molar-refractivity contribution in [3.05, 3.63) is 94.8 Å². The Morgan fingerprint density at radius 3 is 2.66 bits per heavy atom. The maximum atomic E-state index is 13.2. The molecular weight excluding hydrogens is 437 g/mol. The van der Waals surface area contributed by atoms with Gasteiger partial charge in [-0.25, -0.2) is 4.39 Å². The first kappa shape index (κ1) is 21.5. The van der Waals surface area contributed by atoms with Crippen molar-refractivity contribution in [2.75, 3.05) is 12.4 Å². The minimum Gasteiger partial charge on any atom is -0.497 e. The van der Waals surface area contributed by atoms with Gasteiger partial charge in [-0.3, -0.25) is 9.48 Å². The van der Waals surface area contributed by atoms with E-state index in [9.17, 15) is 9.18 Å². The van der Waals surface area contributed by atoms with Crippen molar-refractivity contribution >= 4 is 23.3 Å². The van der Waals surface area contributed by atoms with Crippen molar-refractivity contribution in [3.63, 3.8) is 0 Å². The number of anilines is 1. The quantitative estimate of drug-likeness (QED) is 0.397. The molecule has 0 bridgehead atoms. The molecule has 0 saturated heterocycles. The van der Waals surface area contributed by atoms with Gasteiger partial charge in [0.1, 0.15) is 29.7 Å². The maximum Gasteiger partial charge on any atom is 0.292 e. The fraction of sp³-hybridized carbons (Fsp3) is 0.130. The third kappa shape index (κ3) is 5.28. The number of amides is 1. The summed E-state index contributed by atoms with van der Waals surface area (Å²) in [4.78, 5) is 12.5. The van der Waals surface area contributed by atoms with Gasteiger partial charge in [-0.15, -0.1) is 0 Å². The summed E-state index contributed by atoms with van der Waals surface area (Å²) in [6.07, 6.45) is 1.69. The lowest BCUT2D eigenvalue weighted by molar-refractivity contribution is 0.0992. The highest BCUT2D eigenvalue weighted by Gasteiger charge is 2.14. The smallest absolute Gasteiger partial charge is 0.292 e. The standard InChI is InChI=1S/C23H19ClFN3O4/c1-30-17-4-6-18(7-5-17)31-14-19-8-9-21(32-19)23(29)26-22-10-11-28(27-22)13-15-2-3-16(25)12-20(15)24/h2-12H,13-14H2,1H3,(H,26,27,29). The summed E-state index contributed by atoms with van der Waals surface area (Å²) in [6.45, 7) is 0.509. The van der Waals surface area contributed by atoms with Gasteiger partial charge in [0.25, 0.3) is 5.91 Å². The second-order valence-corrected chi connectivity index (χ2v) is 7.23. The summed E-state index contributed by atoms with van der Waals surface area (Å²) < 4.78 is 31.1. The van der Waals surface area contributed by atoms with E-state index in [1.54, 1.807) is 66.5 Å². The van der Waals surface area contributed by atoms with E-state index in [0.717, 1.165) is 5.75 Å². The SMILES string of the molecule is COc1ccc(OCc2ccc(C(=O)Nc3ccn(Cc4ccc(F)cc4Cl)n3)o2)cc1. The highest BCUT2D eigenvalue weighted by molar-refractivity contribution is 6.31. The van der Waals surface area contributed by atoms with Crippen LogP contribution in [0.15, 0.2) is 71.3 Å². The summed E-state index contributed by atoms with van der Waals surface area (Å²) >= 11 is 6.05. The van der Waals surface area contributed by atoms with E-state index in [1.807, 2.05) is 0 Å². The predicted octanol–water partition coefficient (Wildman–Crippen LogP) is 5.16. The molecule has 9 heteroatoms. The molecule has 164 valence electrons. The number of rotatable bonds is 8. The Kier molecular flexibility index (Phi) is 6.42. The molecule has 0 spiro atoms. The zero-order chi connectivity index (χ0) is 22.5. The number of furan rings is 1. The van der Waals surface area contributed by atoms with E-state index in [0.29, 0.717) is 34.5 Å². The van der Waals surface area contributed by atoms with E-state index >= 15 is 0 Å². The lowest BCUT2D eigenvalue weighted by Crippen LogP contribution is -2.12. The minimum absolute atomic E-state index is 0.134. The molecule has 7 nitrogen and oxygen atoms in total. The Bertz CT molecular complexity index is 1220. The third-order valence-electron chi connectivity index (χ3n) is 4.56. The first-order valence-corrected chi connectivity index (χ1v) is 10.0. The second-order valence-electron chi connectivity index (χ2n) is 6.82. The fourth-order valence-electron chi connectivity index (χ4n) is 2.92. The second kappa shape index (κ2) is 9.57. The lowest BCUT2D eigenvalue weighted by Gasteiger charge is -2.05. The van der Waals surface area contributed by atoms with Crippen molar-refractivity contribution in [3.8, 4) is 11.5 Å². The van der Waals surface area contributed by atoms with Crippen LogP contribution < -0.4 is 14.8 Å². The van der Waals surface area contributed by atoms with Crippen molar-refractivity contribution < 1.29 is 23.1 Å². The van der Waals surface area contributed by atoms with E-state index in [-0.39, 0.29) is 12.4 Å². The number of benzene rings is 2. The summed E-state index contributed by atoms with van der Waals surface area (Å²) in [5, 5.41) is 7.27. The lowest BCUT2D eigenvalue weighted by atomic mass is 10.2. The van der Waals surface area contributed by atoms with Crippen LogP contribution in [0.25, 0.3) is 0 Å². The summed E-state index contributed by atoms with van der Waals surface area (Å²) in [7, 11) is 1.59. The molecular formula is C23H19ClFN3O4. The van der Waals surface area contributed by atoms with Crippen molar-refractivity contribution in [2.45, 2.75) is 13.2 Å². The Labute approximate surface area is 188 Å². The summed E-state index contributed by atoms with van der Waals surface area (Å²) in [5.41, 5.74) is 0.710. The number of hydrogen-bond donors (Lipinski definition) is 1. The van der Waals surface area contributed by atoms with Gasteiger partial charge in [-0.1, -0.05) is 17.7 Å². The molecule has 0 atom stereocenters. The molecule has 1 N–H and O–H groups in total. The normalized spacial score (nSPS) is 10.7. The number of methoxy groups -OCH3 is 1. The van der Waals surface area contributed by atoms with Gasteiger partial charge in [-0.05, 0) is 54.1 Å². The highest BCUT2D eigenvalue weighted by Crippen LogP contribution is 2.20. The molecule has 0 saturated carbocycles. The van der Waals surface area contributed by atoms with Gasteiger partial charge in [0, 0.05) is 17.3 Å². The van der Waals surface area contributed by atoms with E-state index in [4.69, 9.17) is 25.5 Å².